The van der Waals surface area contributed by atoms with E-state index in [4.69, 9.17) is 0 Å². The summed E-state index contributed by atoms with van der Waals surface area (Å²) in [5.41, 5.74) is 0.819. The van der Waals surface area contributed by atoms with Gasteiger partial charge in [0.1, 0.15) is 0 Å². The van der Waals surface area contributed by atoms with Gasteiger partial charge in [0, 0.05) is 5.56 Å². The third-order valence-electron chi connectivity index (χ3n) is 5.15. The van der Waals surface area contributed by atoms with Crippen LogP contribution >= 0.6 is 15.9 Å². The minimum Gasteiger partial charge on any atom is -0.293 e. The zero-order valence-electron chi connectivity index (χ0n) is 16.9. The van der Waals surface area contributed by atoms with E-state index in [2.05, 4.69) is 22.9 Å². The second-order valence-electron chi connectivity index (χ2n) is 7.58. The van der Waals surface area contributed by atoms with Gasteiger partial charge in [-0.25, -0.2) is 0 Å². The Labute approximate surface area is 170 Å². The van der Waals surface area contributed by atoms with E-state index in [1.807, 2.05) is 30.3 Å². The molecule has 0 aliphatic carbocycles. The molecule has 0 aromatic heterocycles. The van der Waals surface area contributed by atoms with E-state index >= 15 is 0 Å². The summed E-state index contributed by atoms with van der Waals surface area (Å²) in [5.74, 6) is 0.222. The molecule has 0 bridgehead atoms. The summed E-state index contributed by atoms with van der Waals surface area (Å²) in [4.78, 5) is 12.2. The van der Waals surface area contributed by atoms with Crippen LogP contribution in [-0.4, -0.2) is 10.6 Å². The van der Waals surface area contributed by atoms with Crippen molar-refractivity contribution in [1.29, 1.82) is 0 Å². The van der Waals surface area contributed by atoms with Gasteiger partial charge in [-0.05, 0) is 6.42 Å². The molecule has 26 heavy (non-hydrogen) atoms. The van der Waals surface area contributed by atoms with E-state index in [-0.39, 0.29) is 10.6 Å². The van der Waals surface area contributed by atoms with Crippen molar-refractivity contribution < 1.29 is 4.79 Å². The summed E-state index contributed by atoms with van der Waals surface area (Å²) in [6.45, 7) is 2.28. The number of rotatable bonds is 17. The number of benzene rings is 1. The van der Waals surface area contributed by atoms with Crippen LogP contribution in [0.25, 0.3) is 0 Å². The van der Waals surface area contributed by atoms with Gasteiger partial charge in [-0.15, -0.1) is 0 Å². The molecule has 0 saturated carbocycles. The number of carbonyl (C=O) groups excluding carboxylic acids is 1. The van der Waals surface area contributed by atoms with Gasteiger partial charge in [0.2, 0.25) is 0 Å². The minimum atomic E-state index is -0.0257. The lowest BCUT2D eigenvalue weighted by Gasteiger charge is -2.09. The number of unbranched alkanes of at least 4 members (excludes halogenated alkanes) is 13. The standard InChI is InChI=1S/C24H39BrO/c1-2-3-4-5-6-7-8-9-10-11-12-13-14-18-21-23(25)24(26)22-19-16-15-17-20-22/h15-17,19-20,23H,2-14,18,21H2,1H3. The molecule has 1 atom stereocenters. The summed E-state index contributed by atoms with van der Waals surface area (Å²) < 4.78 is 0. The highest BCUT2D eigenvalue weighted by atomic mass is 79.9. The number of ketones is 1. The molecule has 1 nitrogen and oxygen atoms in total. The van der Waals surface area contributed by atoms with E-state index in [1.165, 1.54) is 83.5 Å². The zero-order chi connectivity index (χ0) is 18.9. The van der Waals surface area contributed by atoms with Gasteiger partial charge >= 0.3 is 0 Å². The fraction of sp³-hybridized carbons (Fsp3) is 0.708. The summed E-state index contributed by atoms with van der Waals surface area (Å²) in [6, 6.07) is 9.62. The molecule has 0 radical (unpaired) electrons. The quantitative estimate of drug-likeness (QED) is 0.139. The Morgan fingerprint density at radius 3 is 1.62 bits per heavy atom. The topological polar surface area (TPSA) is 17.1 Å². The van der Waals surface area contributed by atoms with Gasteiger partial charge < -0.3 is 0 Å². The van der Waals surface area contributed by atoms with E-state index in [9.17, 15) is 4.79 Å². The van der Waals surface area contributed by atoms with Crippen molar-refractivity contribution >= 4 is 21.7 Å². The molecule has 0 amide bonds. The monoisotopic (exact) mass is 422 g/mol. The Bertz CT molecular complexity index is 443. The molecular weight excluding hydrogens is 384 g/mol. The lowest BCUT2D eigenvalue weighted by atomic mass is 10.0. The first-order chi connectivity index (χ1) is 12.8. The van der Waals surface area contributed by atoms with Gasteiger partial charge in [-0.2, -0.15) is 0 Å². The molecule has 1 unspecified atom stereocenters. The number of hydrogen-bond acceptors (Lipinski definition) is 1. The third kappa shape index (κ3) is 11.9. The van der Waals surface area contributed by atoms with Crippen LogP contribution in [0.2, 0.25) is 0 Å². The molecule has 1 aromatic rings. The maximum Gasteiger partial charge on any atom is 0.176 e. The van der Waals surface area contributed by atoms with Crippen LogP contribution in [0.4, 0.5) is 0 Å². The summed E-state index contributed by atoms with van der Waals surface area (Å²) in [5, 5.41) is 0. The van der Waals surface area contributed by atoms with Crippen molar-refractivity contribution in [1.82, 2.24) is 0 Å². The van der Waals surface area contributed by atoms with Crippen molar-refractivity contribution in [2.75, 3.05) is 0 Å². The van der Waals surface area contributed by atoms with Gasteiger partial charge in [0.05, 0.1) is 4.83 Å². The lowest BCUT2D eigenvalue weighted by molar-refractivity contribution is 0.0988. The first-order valence-electron chi connectivity index (χ1n) is 11.0. The van der Waals surface area contributed by atoms with Crippen LogP contribution in [0.15, 0.2) is 30.3 Å². The molecule has 0 heterocycles. The van der Waals surface area contributed by atoms with Crippen molar-refractivity contribution in [2.24, 2.45) is 0 Å². The van der Waals surface area contributed by atoms with Gasteiger partial charge in [-0.3, -0.25) is 4.79 Å². The first-order valence-corrected chi connectivity index (χ1v) is 11.9. The summed E-state index contributed by atoms with van der Waals surface area (Å²) in [7, 11) is 0. The fourth-order valence-corrected chi connectivity index (χ4v) is 4.02. The SMILES string of the molecule is CCCCCCCCCCCCCCCCC(Br)C(=O)c1ccccc1. The highest BCUT2D eigenvalue weighted by molar-refractivity contribution is 9.10. The summed E-state index contributed by atoms with van der Waals surface area (Å²) >= 11 is 3.57. The number of carbonyl (C=O) groups is 1. The molecule has 0 aliphatic rings. The molecule has 2 heteroatoms. The molecule has 1 aromatic carbocycles. The zero-order valence-corrected chi connectivity index (χ0v) is 18.4. The molecule has 0 fully saturated rings. The Hall–Kier alpha value is -0.630. The van der Waals surface area contributed by atoms with E-state index in [0.29, 0.717) is 0 Å². The van der Waals surface area contributed by atoms with Crippen molar-refractivity contribution in [3.8, 4) is 0 Å². The number of halogens is 1. The average Bonchev–Trinajstić information content (AvgIpc) is 2.68. The molecule has 1 rings (SSSR count). The molecule has 0 saturated heterocycles. The maximum atomic E-state index is 12.3. The van der Waals surface area contributed by atoms with Gasteiger partial charge in [-0.1, -0.05) is 143 Å². The normalized spacial score (nSPS) is 12.2. The van der Waals surface area contributed by atoms with Gasteiger partial charge in [0.15, 0.2) is 5.78 Å². The molecule has 0 aliphatic heterocycles. The lowest BCUT2D eigenvalue weighted by Crippen LogP contribution is -2.13. The van der Waals surface area contributed by atoms with Gasteiger partial charge in [0.25, 0.3) is 0 Å². The van der Waals surface area contributed by atoms with Crippen LogP contribution in [0.3, 0.4) is 0 Å². The Morgan fingerprint density at radius 1 is 0.731 bits per heavy atom. The van der Waals surface area contributed by atoms with Crippen LogP contribution < -0.4 is 0 Å². The van der Waals surface area contributed by atoms with Crippen LogP contribution in [0.1, 0.15) is 114 Å². The largest absolute Gasteiger partial charge is 0.293 e. The average molecular weight is 423 g/mol. The van der Waals surface area contributed by atoms with E-state index < -0.39 is 0 Å². The fourth-order valence-electron chi connectivity index (χ4n) is 3.43. The molecule has 0 spiro atoms. The first kappa shape index (κ1) is 23.4. The highest BCUT2D eigenvalue weighted by Crippen LogP contribution is 2.18. The Kier molecular flexibility index (Phi) is 14.9. The minimum absolute atomic E-state index is 0.0257. The van der Waals surface area contributed by atoms with Crippen molar-refractivity contribution in [3.05, 3.63) is 35.9 Å². The smallest absolute Gasteiger partial charge is 0.176 e. The second kappa shape index (κ2) is 16.5. The van der Waals surface area contributed by atoms with Crippen LogP contribution in [0, 0.1) is 0 Å². The van der Waals surface area contributed by atoms with Crippen molar-refractivity contribution in [3.63, 3.8) is 0 Å². The number of hydrogen-bond donors (Lipinski definition) is 0. The van der Waals surface area contributed by atoms with E-state index in [1.54, 1.807) is 0 Å². The third-order valence-corrected chi connectivity index (χ3v) is 6.03. The van der Waals surface area contributed by atoms with Crippen LogP contribution in [0.5, 0.6) is 0 Å². The predicted molar refractivity (Wildman–Crippen MR) is 118 cm³/mol. The summed E-state index contributed by atoms with van der Waals surface area (Å²) in [6.07, 6.45) is 20.2. The second-order valence-corrected chi connectivity index (χ2v) is 8.69. The van der Waals surface area contributed by atoms with E-state index in [0.717, 1.165) is 18.4 Å². The Morgan fingerprint density at radius 2 is 1.15 bits per heavy atom. The maximum absolute atomic E-state index is 12.3. The molecule has 0 N–H and O–H groups in total. The number of Topliss-reactive ketones (excluding diaryl/α,β-unsaturated/α-hetero) is 1. The van der Waals surface area contributed by atoms with Crippen molar-refractivity contribution in [2.45, 2.75) is 108 Å². The highest BCUT2D eigenvalue weighted by Gasteiger charge is 2.15. The van der Waals surface area contributed by atoms with Crippen LogP contribution in [-0.2, 0) is 0 Å². The molecule has 148 valence electrons. The predicted octanol–water partition coefficient (Wildman–Crippen LogP) is 8.50. The molecular formula is C24H39BrO. The Balaban J connectivity index is 1.87. The number of alkyl halides is 1.